The van der Waals surface area contributed by atoms with E-state index in [1.165, 1.54) is 48.7 Å². The molecule has 0 amide bonds. The quantitative estimate of drug-likeness (QED) is 0.115. The number of hydrogen-bond donors (Lipinski definition) is 0. The van der Waals surface area contributed by atoms with Crippen LogP contribution in [0.3, 0.4) is 0 Å². The predicted octanol–water partition coefficient (Wildman–Crippen LogP) is 11.5. The van der Waals surface area contributed by atoms with E-state index in [1.807, 2.05) is 6.07 Å². The Morgan fingerprint density at radius 2 is 1.00 bits per heavy atom. The molecule has 6 rings (SSSR count). The second kappa shape index (κ2) is 11.0. The van der Waals surface area contributed by atoms with Crippen LogP contribution >= 0.6 is 0 Å². The summed E-state index contributed by atoms with van der Waals surface area (Å²) in [6.45, 7) is 14.4. The highest BCUT2D eigenvalue weighted by Gasteiger charge is 2.41. The molecule has 0 aromatic heterocycles. The normalized spacial score (nSPS) is 12.1. The molecule has 0 heterocycles. The summed E-state index contributed by atoms with van der Waals surface area (Å²) in [5.74, 6) is 4.80. The van der Waals surface area contributed by atoms with Crippen molar-refractivity contribution in [2.24, 2.45) is 0 Å². The van der Waals surface area contributed by atoms with Gasteiger partial charge in [0.15, 0.2) is 0 Å². The third-order valence-electron chi connectivity index (χ3n) is 9.48. The Morgan fingerprint density at radius 3 is 1.43 bits per heavy atom. The molecule has 0 aliphatic heterocycles. The van der Waals surface area contributed by atoms with E-state index in [4.69, 9.17) is 4.74 Å². The van der Waals surface area contributed by atoms with E-state index in [9.17, 15) is 0 Å². The summed E-state index contributed by atoms with van der Waals surface area (Å²) >= 11 is 0. The fourth-order valence-corrected chi connectivity index (χ4v) is 12.6. The van der Waals surface area contributed by atoms with Gasteiger partial charge in [0.2, 0.25) is 0 Å². The zero-order chi connectivity index (χ0) is 29.6. The van der Waals surface area contributed by atoms with Crippen LogP contribution in [0, 0.1) is 11.5 Å². The van der Waals surface area contributed by atoms with E-state index in [2.05, 4.69) is 144 Å². The number of fused-ring (bicyclic) bond motifs is 4. The number of methoxy groups -OCH3 is 1. The number of ether oxygens (including phenoxy) is 1. The molecule has 6 aromatic rings. The van der Waals surface area contributed by atoms with Crippen LogP contribution in [0.2, 0.25) is 16.6 Å². The summed E-state index contributed by atoms with van der Waals surface area (Å²) in [7, 11) is -0.221. The number of hydrogen-bond acceptors (Lipinski definition) is 1. The van der Waals surface area contributed by atoms with Crippen molar-refractivity contribution in [3.63, 3.8) is 0 Å². The lowest BCUT2D eigenvalue weighted by Crippen LogP contribution is -2.43. The molecule has 0 unspecified atom stereocenters. The maximum Gasteiger partial charge on any atom is 0.146 e. The lowest BCUT2D eigenvalue weighted by atomic mass is 9.86. The van der Waals surface area contributed by atoms with E-state index in [-0.39, 0.29) is 0 Å². The molecule has 210 valence electrons. The van der Waals surface area contributed by atoms with Crippen molar-refractivity contribution in [1.29, 1.82) is 0 Å². The molecule has 0 saturated carbocycles. The minimum absolute atomic E-state index is 0.570. The van der Waals surface area contributed by atoms with E-state index in [0.29, 0.717) is 16.6 Å². The van der Waals surface area contributed by atoms with Crippen molar-refractivity contribution in [3.8, 4) is 28.3 Å². The summed E-state index contributed by atoms with van der Waals surface area (Å²) in [4.78, 5) is 0. The molecule has 0 fully saturated rings. The third-order valence-corrected chi connectivity index (χ3v) is 15.8. The molecule has 0 radical (unpaired) electrons. The van der Waals surface area contributed by atoms with Gasteiger partial charge in [0.05, 0.1) is 7.11 Å². The summed E-state index contributed by atoms with van der Waals surface area (Å²) in [5.41, 5.74) is 9.33. The number of benzene rings is 6. The van der Waals surface area contributed by atoms with Crippen LogP contribution in [0.1, 0.15) is 47.1 Å². The Hall–Kier alpha value is -4.06. The second-order valence-corrected chi connectivity index (χ2v) is 18.2. The Labute approximate surface area is 251 Å². The van der Waals surface area contributed by atoms with Gasteiger partial charge in [-0.3, -0.25) is 0 Å². The first kappa shape index (κ1) is 28.1. The Bertz CT molecular complexity index is 1900. The largest absolute Gasteiger partial charge is 0.497 e. The maximum absolute atomic E-state index is 5.69. The SMILES string of the molecule is COc1cccc(-c2c3cc4ccccc4cc3c(C#C[Si](C(C)C)(C(C)C)C(C)C)c3cc4ccccc4cc23)c1. The van der Waals surface area contributed by atoms with Gasteiger partial charge in [-0.2, -0.15) is 0 Å². The summed E-state index contributed by atoms with van der Waals surface area (Å²) in [6.07, 6.45) is 0. The fourth-order valence-electron chi connectivity index (χ4n) is 7.43. The lowest BCUT2D eigenvalue weighted by Gasteiger charge is -2.38. The maximum atomic E-state index is 5.69. The van der Waals surface area contributed by atoms with E-state index in [0.717, 1.165) is 16.9 Å². The van der Waals surface area contributed by atoms with Gasteiger partial charge < -0.3 is 4.74 Å². The molecule has 42 heavy (non-hydrogen) atoms. The first-order valence-corrected chi connectivity index (χ1v) is 17.5. The van der Waals surface area contributed by atoms with Gasteiger partial charge in [0.25, 0.3) is 0 Å². The van der Waals surface area contributed by atoms with Gasteiger partial charge in [-0.05, 0) is 107 Å². The first-order valence-electron chi connectivity index (χ1n) is 15.2. The molecule has 1 nitrogen and oxygen atoms in total. The molecule has 6 aromatic carbocycles. The highest BCUT2D eigenvalue weighted by atomic mass is 28.3. The zero-order valence-electron chi connectivity index (χ0n) is 25.9. The molecular formula is C40H40OSi. The molecule has 2 heteroatoms. The average molecular weight is 565 g/mol. The molecule has 0 atom stereocenters. The summed E-state index contributed by atoms with van der Waals surface area (Å²) in [5, 5.41) is 9.88. The third kappa shape index (κ3) is 4.57. The van der Waals surface area contributed by atoms with E-state index < -0.39 is 8.07 Å². The fraction of sp³-hybridized carbons (Fsp3) is 0.250. The Balaban J connectivity index is 1.84. The van der Waals surface area contributed by atoms with Gasteiger partial charge >= 0.3 is 0 Å². The van der Waals surface area contributed by atoms with Gasteiger partial charge in [-0.1, -0.05) is 108 Å². The zero-order valence-corrected chi connectivity index (χ0v) is 26.9. The summed E-state index contributed by atoms with van der Waals surface area (Å²) < 4.78 is 5.69. The summed E-state index contributed by atoms with van der Waals surface area (Å²) in [6, 6.07) is 35.4. The van der Waals surface area contributed by atoms with Crippen LogP contribution in [0.5, 0.6) is 5.75 Å². The van der Waals surface area contributed by atoms with Crippen LogP contribution in [-0.4, -0.2) is 15.2 Å². The van der Waals surface area contributed by atoms with E-state index in [1.54, 1.807) is 7.11 Å². The molecular weight excluding hydrogens is 525 g/mol. The Kier molecular flexibility index (Phi) is 7.33. The van der Waals surface area contributed by atoms with Gasteiger partial charge in [0.1, 0.15) is 13.8 Å². The van der Waals surface area contributed by atoms with Crippen molar-refractivity contribution >= 4 is 51.2 Å². The topological polar surface area (TPSA) is 9.23 Å². The number of rotatable bonds is 5. The van der Waals surface area contributed by atoms with Crippen molar-refractivity contribution in [1.82, 2.24) is 0 Å². The first-order chi connectivity index (χ1) is 20.2. The van der Waals surface area contributed by atoms with Gasteiger partial charge in [-0.15, -0.1) is 5.54 Å². The van der Waals surface area contributed by atoms with Gasteiger partial charge in [-0.25, -0.2) is 0 Å². The molecule has 0 N–H and O–H groups in total. The lowest BCUT2D eigenvalue weighted by molar-refractivity contribution is 0.415. The molecule has 0 spiro atoms. The monoisotopic (exact) mass is 564 g/mol. The van der Waals surface area contributed by atoms with Crippen molar-refractivity contribution in [3.05, 3.63) is 103 Å². The molecule has 0 saturated heterocycles. The van der Waals surface area contributed by atoms with Gasteiger partial charge in [0, 0.05) is 5.56 Å². The second-order valence-electron chi connectivity index (χ2n) is 12.6. The molecule has 0 aliphatic carbocycles. The van der Waals surface area contributed by atoms with Crippen LogP contribution in [0.4, 0.5) is 0 Å². The molecule has 0 bridgehead atoms. The predicted molar refractivity (Wildman–Crippen MR) is 186 cm³/mol. The Morgan fingerprint density at radius 1 is 0.548 bits per heavy atom. The van der Waals surface area contributed by atoms with Crippen molar-refractivity contribution < 1.29 is 4.74 Å². The van der Waals surface area contributed by atoms with Crippen LogP contribution in [0.15, 0.2) is 97.1 Å². The smallest absolute Gasteiger partial charge is 0.146 e. The van der Waals surface area contributed by atoms with Crippen LogP contribution in [-0.2, 0) is 0 Å². The van der Waals surface area contributed by atoms with Crippen molar-refractivity contribution in [2.75, 3.05) is 7.11 Å². The minimum atomic E-state index is -1.96. The highest BCUT2D eigenvalue weighted by molar-refractivity contribution is 6.90. The van der Waals surface area contributed by atoms with Crippen LogP contribution in [0.25, 0.3) is 54.2 Å². The van der Waals surface area contributed by atoms with Crippen LogP contribution < -0.4 is 4.74 Å². The highest BCUT2D eigenvalue weighted by Crippen LogP contribution is 2.44. The standard InChI is InChI=1S/C40H40OSi/c1-26(2)42(27(3)4,28(5)6)20-19-35-36-22-29-13-8-10-15-31(29)24-38(36)40(33-17-12-18-34(21-33)41-7)39-25-32-16-11-9-14-30(32)23-37(35)39/h8-18,21-28H,1-7H3. The average Bonchev–Trinajstić information content (AvgIpc) is 2.98. The molecule has 0 aliphatic rings. The van der Waals surface area contributed by atoms with E-state index >= 15 is 0 Å². The van der Waals surface area contributed by atoms with Crippen molar-refractivity contribution in [2.45, 2.75) is 58.2 Å². The minimum Gasteiger partial charge on any atom is -0.497 e.